The largest absolute Gasteiger partial charge is 0.383 e. The first-order valence-corrected chi connectivity index (χ1v) is 6.63. The Morgan fingerprint density at radius 3 is 2.42 bits per heavy atom. The Balaban J connectivity index is 2.42. The summed E-state index contributed by atoms with van der Waals surface area (Å²) < 4.78 is 0. The van der Waals surface area contributed by atoms with Gasteiger partial charge in [0, 0.05) is 5.56 Å². The smallest absolute Gasteiger partial charge is 0.256 e. The summed E-state index contributed by atoms with van der Waals surface area (Å²) in [6.07, 6.45) is 2.52. The van der Waals surface area contributed by atoms with Gasteiger partial charge in [0.05, 0.1) is 5.56 Å². The molecule has 1 aromatic carbocycles. The number of rotatable bonds is 4. The quantitative estimate of drug-likeness (QED) is 0.884. The maximum absolute atomic E-state index is 12.0. The summed E-state index contributed by atoms with van der Waals surface area (Å²) in [5.74, 6) is 0.866. The third-order valence-electron chi connectivity index (χ3n) is 3.18. The van der Waals surface area contributed by atoms with Crippen LogP contribution >= 0.6 is 0 Å². The molecule has 0 atom stereocenters. The minimum absolute atomic E-state index is 0.135. The average Bonchev–Trinajstić information content (AvgIpc) is 2.43. The molecule has 0 aliphatic heterocycles. The molecule has 0 unspecified atom stereocenters. The number of anilines is 1. The molecule has 100 valence electrons. The predicted octanol–water partition coefficient (Wildman–Crippen LogP) is 2.53. The van der Waals surface area contributed by atoms with Crippen molar-refractivity contribution in [2.24, 2.45) is 0 Å². The average molecular weight is 257 g/mol. The van der Waals surface area contributed by atoms with Crippen LogP contribution in [0.15, 0.2) is 29.1 Å². The van der Waals surface area contributed by atoms with Crippen molar-refractivity contribution in [3.05, 3.63) is 45.7 Å². The maximum Gasteiger partial charge on any atom is 0.256 e. The number of hydrogen-bond donors (Lipinski definition) is 2. The lowest BCUT2D eigenvalue weighted by Crippen LogP contribution is -2.18. The molecule has 0 aliphatic carbocycles. The molecule has 4 nitrogen and oxygen atoms in total. The van der Waals surface area contributed by atoms with Gasteiger partial charge < -0.3 is 10.7 Å². The summed E-state index contributed by atoms with van der Waals surface area (Å²) in [7, 11) is 0. The number of benzene rings is 1. The predicted molar refractivity (Wildman–Crippen MR) is 78.1 cm³/mol. The van der Waals surface area contributed by atoms with Gasteiger partial charge in [0.25, 0.3) is 5.56 Å². The van der Waals surface area contributed by atoms with E-state index in [9.17, 15) is 4.79 Å². The summed E-state index contributed by atoms with van der Waals surface area (Å²) in [6, 6.07) is 7.98. The van der Waals surface area contributed by atoms with Crippen LogP contribution in [0, 0.1) is 0 Å². The van der Waals surface area contributed by atoms with Gasteiger partial charge in [0.15, 0.2) is 0 Å². The van der Waals surface area contributed by atoms with Gasteiger partial charge in [-0.05, 0) is 18.4 Å². The van der Waals surface area contributed by atoms with Crippen LogP contribution in [0.5, 0.6) is 0 Å². The van der Waals surface area contributed by atoms with Gasteiger partial charge in [-0.3, -0.25) is 4.79 Å². The molecule has 0 saturated heterocycles. The van der Waals surface area contributed by atoms with Crippen molar-refractivity contribution in [3.63, 3.8) is 0 Å². The fourth-order valence-electron chi connectivity index (χ4n) is 2.04. The van der Waals surface area contributed by atoms with Crippen LogP contribution in [0.3, 0.4) is 0 Å². The van der Waals surface area contributed by atoms with E-state index < -0.39 is 0 Å². The van der Waals surface area contributed by atoms with Crippen molar-refractivity contribution in [1.29, 1.82) is 0 Å². The normalized spacial score (nSPS) is 10.6. The number of aromatic amines is 1. The second-order valence-corrected chi connectivity index (χ2v) is 4.58. The monoisotopic (exact) mass is 257 g/mol. The van der Waals surface area contributed by atoms with Gasteiger partial charge in [-0.1, -0.05) is 44.5 Å². The van der Waals surface area contributed by atoms with Gasteiger partial charge in [0.2, 0.25) is 0 Å². The zero-order valence-corrected chi connectivity index (χ0v) is 11.4. The summed E-state index contributed by atoms with van der Waals surface area (Å²) in [5.41, 5.74) is 8.45. The van der Waals surface area contributed by atoms with Crippen LogP contribution in [0.4, 0.5) is 5.82 Å². The van der Waals surface area contributed by atoms with Gasteiger partial charge in [-0.2, -0.15) is 0 Å². The highest BCUT2D eigenvalue weighted by molar-refractivity contribution is 5.58. The SMILES string of the molecule is CCCc1c(N)nc(-c2ccc(CC)cc2)[nH]c1=O. The summed E-state index contributed by atoms with van der Waals surface area (Å²) >= 11 is 0. The van der Waals surface area contributed by atoms with E-state index in [0.717, 1.165) is 18.4 Å². The molecule has 3 N–H and O–H groups in total. The lowest BCUT2D eigenvalue weighted by molar-refractivity contribution is 0.892. The van der Waals surface area contributed by atoms with Crippen molar-refractivity contribution in [2.45, 2.75) is 33.1 Å². The molecule has 0 fully saturated rings. The minimum Gasteiger partial charge on any atom is -0.383 e. The van der Waals surface area contributed by atoms with Crippen LogP contribution in [0.2, 0.25) is 0 Å². The molecule has 0 saturated carbocycles. The maximum atomic E-state index is 12.0. The van der Waals surface area contributed by atoms with Crippen LogP contribution in [0.1, 0.15) is 31.4 Å². The minimum atomic E-state index is -0.135. The summed E-state index contributed by atoms with van der Waals surface area (Å²) in [4.78, 5) is 19.1. The van der Waals surface area contributed by atoms with Crippen molar-refractivity contribution in [2.75, 3.05) is 5.73 Å². The number of aryl methyl sites for hydroxylation is 1. The number of nitrogens with zero attached hydrogens (tertiary/aromatic N) is 1. The molecule has 0 spiro atoms. The molecular formula is C15H19N3O. The Kier molecular flexibility index (Phi) is 4.00. The van der Waals surface area contributed by atoms with Gasteiger partial charge in [-0.15, -0.1) is 0 Å². The molecule has 19 heavy (non-hydrogen) atoms. The van der Waals surface area contributed by atoms with E-state index >= 15 is 0 Å². The highest BCUT2D eigenvalue weighted by Crippen LogP contribution is 2.17. The molecule has 1 aromatic heterocycles. The highest BCUT2D eigenvalue weighted by atomic mass is 16.1. The second kappa shape index (κ2) is 5.69. The first-order valence-electron chi connectivity index (χ1n) is 6.63. The fourth-order valence-corrected chi connectivity index (χ4v) is 2.04. The third-order valence-corrected chi connectivity index (χ3v) is 3.18. The number of H-pyrrole nitrogens is 1. The molecule has 0 amide bonds. The molecular weight excluding hydrogens is 238 g/mol. The first kappa shape index (κ1) is 13.3. The zero-order valence-electron chi connectivity index (χ0n) is 11.4. The van der Waals surface area contributed by atoms with E-state index in [1.807, 2.05) is 31.2 Å². The molecule has 0 radical (unpaired) electrons. The van der Waals surface area contributed by atoms with Gasteiger partial charge in [-0.25, -0.2) is 4.98 Å². The van der Waals surface area contributed by atoms with Crippen LogP contribution < -0.4 is 11.3 Å². The Bertz CT molecular complexity index is 614. The van der Waals surface area contributed by atoms with E-state index in [0.29, 0.717) is 23.6 Å². The van der Waals surface area contributed by atoms with Gasteiger partial charge in [0.1, 0.15) is 11.6 Å². The molecule has 2 aromatic rings. The Morgan fingerprint density at radius 2 is 1.89 bits per heavy atom. The Hall–Kier alpha value is -2.10. The highest BCUT2D eigenvalue weighted by Gasteiger charge is 2.09. The number of aromatic nitrogens is 2. The summed E-state index contributed by atoms with van der Waals surface area (Å²) in [5, 5.41) is 0. The van der Waals surface area contributed by atoms with Crippen LogP contribution in [-0.4, -0.2) is 9.97 Å². The van der Waals surface area contributed by atoms with Crippen molar-refractivity contribution >= 4 is 5.82 Å². The molecule has 2 rings (SSSR count). The van der Waals surface area contributed by atoms with Gasteiger partial charge >= 0.3 is 0 Å². The molecule has 0 bridgehead atoms. The van der Waals surface area contributed by atoms with Crippen molar-refractivity contribution in [1.82, 2.24) is 9.97 Å². The number of hydrogen-bond acceptors (Lipinski definition) is 3. The van der Waals surface area contributed by atoms with E-state index in [1.54, 1.807) is 0 Å². The standard InChI is InChI=1S/C15H19N3O/c1-3-5-12-13(16)17-14(18-15(12)19)11-8-6-10(4-2)7-9-11/h6-9H,3-5H2,1-2H3,(H3,16,17,18,19). The van der Waals surface area contributed by atoms with Crippen LogP contribution in [-0.2, 0) is 12.8 Å². The second-order valence-electron chi connectivity index (χ2n) is 4.58. The molecule has 4 heteroatoms. The van der Waals surface area contributed by atoms with Crippen molar-refractivity contribution < 1.29 is 0 Å². The Morgan fingerprint density at radius 1 is 1.21 bits per heavy atom. The lowest BCUT2D eigenvalue weighted by atomic mass is 10.1. The van der Waals surface area contributed by atoms with E-state index in [1.165, 1.54) is 5.56 Å². The van der Waals surface area contributed by atoms with E-state index in [-0.39, 0.29) is 5.56 Å². The lowest BCUT2D eigenvalue weighted by Gasteiger charge is -2.06. The topological polar surface area (TPSA) is 71.8 Å². The van der Waals surface area contributed by atoms with Crippen molar-refractivity contribution in [3.8, 4) is 11.4 Å². The first-order chi connectivity index (χ1) is 9.15. The number of nitrogen functional groups attached to an aromatic ring is 1. The number of nitrogens with two attached hydrogens (primary N) is 1. The molecule has 0 aliphatic rings. The summed E-state index contributed by atoms with van der Waals surface area (Å²) in [6.45, 7) is 4.11. The van der Waals surface area contributed by atoms with E-state index in [4.69, 9.17) is 5.73 Å². The Labute approximate surface area is 112 Å². The fraction of sp³-hybridized carbons (Fsp3) is 0.333. The molecule has 1 heterocycles. The van der Waals surface area contributed by atoms with Crippen LogP contribution in [0.25, 0.3) is 11.4 Å². The number of nitrogens with one attached hydrogen (secondary N) is 1. The zero-order chi connectivity index (χ0) is 13.8. The van der Waals surface area contributed by atoms with E-state index in [2.05, 4.69) is 16.9 Å². The third kappa shape index (κ3) is 2.84.